The normalized spacial score (nSPS) is 22.6. The summed E-state index contributed by atoms with van der Waals surface area (Å²) < 4.78 is 0. The molecule has 0 unspecified atom stereocenters. The smallest absolute Gasteiger partial charge is 0.176 e. The highest BCUT2D eigenvalue weighted by Gasteiger charge is 2.38. The number of allylic oxidation sites excluding steroid dienone is 4. The summed E-state index contributed by atoms with van der Waals surface area (Å²) in [6, 6.07) is 0. The van der Waals surface area contributed by atoms with E-state index in [1.807, 2.05) is 0 Å². The molecule has 2 aliphatic rings. The summed E-state index contributed by atoms with van der Waals surface area (Å²) in [6.45, 7) is 9.22. The fourth-order valence-corrected chi connectivity index (χ4v) is 6.61. The van der Waals surface area contributed by atoms with Crippen molar-refractivity contribution in [3.05, 3.63) is 21.5 Å². The monoisotopic (exact) mass is 250 g/mol. The third kappa shape index (κ3) is 1.80. The van der Waals surface area contributed by atoms with E-state index in [-0.39, 0.29) is 9.52 Å². The third-order valence-electron chi connectivity index (χ3n) is 3.74. The zero-order chi connectivity index (χ0) is 11.9. The van der Waals surface area contributed by atoms with Crippen LogP contribution in [0.15, 0.2) is 21.5 Å². The van der Waals surface area contributed by atoms with Crippen LogP contribution in [-0.2, 0) is 4.79 Å². The number of ketones is 1. The molecule has 1 nitrogen and oxygen atoms in total. The molecule has 0 saturated heterocycles. The van der Waals surface area contributed by atoms with Crippen LogP contribution in [-0.4, -0.2) is 23.4 Å². The minimum atomic E-state index is -1.44. The zero-order valence-corrected chi connectivity index (χ0v) is 13.4. The summed E-state index contributed by atoms with van der Waals surface area (Å²) in [5.74, 6) is 0.472. The van der Waals surface area contributed by atoms with Crippen molar-refractivity contribution in [2.24, 2.45) is 0 Å². The molecule has 88 valence electrons. The van der Waals surface area contributed by atoms with Gasteiger partial charge in [0.25, 0.3) is 0 Å². The van der Waals surface area contributed by atoms with Gasteiger partial charge >= 0.3 is 0 Å². The average molecular weight is 250 g/mol. The van der Waals surface area contributed by atoms with Crippen LogP contribution in [0.5, 0.6) is 0 Å². The van der Waals surface area contributed by atoms with Crippen LogP contribution >= 0.6 is 0 Å². The Hall–Kier alpha value is -0.416. The first-order chi connectivity index (χ1) is 7.46. The molecule has 0 bridgehead atoms. The van der Waals surface area contributed by atoms with Crippen LogP contribution in [0, 0.1) is 0 Å². The Balaban J connectivity index is 2.52. The molecule has 0 aromatic heterocycles. The van der Waals surface area contributed by atoms with Gasteiger partial charge in [0.1, 0.15) is 0 Å². The second-order valence-electron chi connectivity index (χ2n) is 5.95. The van der Waals surface area contributed by atoms with Crippen molar-refractivity contribution < 1.29 is 4.79 Å². The van der Waals surface area contributed by atoms with E-state index in [9.17, 15) is 4.79 Å². The Morgan fingerprint density at radius 3 is 2.12 bits per heavy atom. The van der Waals surface area contributed by atoms with Crippen molar-refractivity contribution >= 4 is 23.4 Å². The Morgan fingerprint density at radius 2 is 1.62 bits per heavy atom. The molecule has 2 rings (SSSR count). The van der Waals surface area contributed by atoms with Crippen molar-refractivity contribution in [1.29, 1.82) is 0 Å². The van der Waals surface area contributed by atoms with Gasteiger partial charge in [-0.15, -0.1) is 0 Å². The molecule has 0 N–H and O–H groups in total. The van der Waals surface area contributed by atoms with E-state index in [4.69, 9.17) is 0 Å². The summed E-state index contributed by atoms with van der Waals surface area (Å²) >= 11 is 0. The van der Waals surface area contributed by atoms with Crippen LogP contribution in [0.2, 0.25) is 26.2 Å². The van der Waals surface area contributed by atoms with E-state index in [1.165, 1.54) is 47.2 Å². The van der Waals surface area contributed by atoms with Crippen LogP contribution in [0.3, 0.4) is 0 Å². The van der Waals surface area contributed by atoms with Crippen molar-refractivity contribution in [1.82, 2.24) is 0 Å². The predicted molar refractivity (Wildman–Crippen MR) is 75.3 cm³/mol. The number of hydrogen-bond acceptors (Lipinski definition) is 1. The molecule has 2 aliphatic carbocycles. The summed E-state index contributed by atoms with van der Waals surface area (Å²) in [5.41, 5.74) is 3.00. The molecule has 16 heavy (non-hydrogen) atoms. The van der Waals surface area contributed by atoms with Crippen LogP contribution < -0.4 is 0 Å². The molecule has 0 atom stereocenters. The first-order valence-electron chi connectivity index (χ1n) is 6.47. The summed E-state index contributed by atoms with van der Waals surface area (Å²) in [5, 5.41) is 2.57. The number of carbonyl (C=O) groups excluding carboxylic acids is 1. The lowest BCUT2D eigenvalue weighted by atomic mass is 9.92. The fraction of sp³-hybridized carbons (Fsp3) is 0.615. The second kappa shape index (κ2) is 4.11. The maximum atomic E-state index is 12.5. The van der Waals surface area contributed by atoms with Crippen LogP contribution in [0.4, 0.5) is 0 Å². The van der Waals surface area contributed by atoms with Gasteiger partial charge in [0.05, 0.1) is 17.6 Å². The molecule has 1 fully saturated rings. The van der Waals surface area contributed by atoms with Crippen LogP contribution in [0.25, 0.3) is 0 Å². The Kier molecular flexibility index (Phi) is 3.10. The zero-order valence-electron chi connectivity index (χ0n) is 10.9. The van der Waals surface area contributed by atoms with Crippen molar-refractivity contribution in [2.75, 3.05) is 0 Å². The number of rotatable bonds is 2. The first kappa shape index (κ1) is 12.1. The highest BCUT2D eigenvalue weighted by atomic mass is 28.3. The largest absolute Gasteiger partial charge is 0.290 e. The number of Topliss-reactive ketones (excluding diaryl/α,β-unsaturated/α-hetero) is 1. The van der Waals surface area contributed by atoms with Crippen LogP contribution in [0.1, 0.15) is 25.7 Å². The molecule has 0 heterocycles. The number of hydrogen-bond donors (Lipinski definition) is 0. The highest BCUT2D eigenvalue weighted by Crippen LogP contribution is 2.42. The van der Waals surface area contributed by atoms with Gasteiger partial charge in [-0.05, 0) is 47.2 Å². The molecular weight excluding hydrogens is 228 g/mol. The standard InChI is InChI=1S/C13H22OSi2/c1-15-12-9-7-5-6-8-10(9)13(11(12)14)16(2,3)4/h5-8,15H2,1-4H3. The lowest BCUT2D eigenvalue weighted by Crippen LogP contribution is -2.30. The van der Waals surface area contributed by atoms with Gasteiger partial charge in [-0.3, -0.25) is 4.79 Å². The minimum absolute atomic E-state index is 0.302. The summed E-state index contributed by atoms with van der Waals surface area (Å²) in [7, 11) is -1.74. The molecule has 3 heteroatoms. The fourth-order valence-electron chi connectivity index (χ4n) is 3.11. The van der Waals surface area contributed by atoms with Gasteiger partial charge in [0.15, 0.2) is 5.78 Å². The molecule has 0 radical (unpaired) electrons. The third-order valence-corrected chi connectivity index (χ3v) is 7.22. The Bertz CT molecular complexity index is 397. The maximum Gasteiger partial charge on any atom is 0.176 e. The molecule has 0 amide bonds. The van der Waals surface area contributed by atoms with E-state index >= 15 is 0 Å². The van der Waals surface area contributed by atoms with Crippen molar-refractivity contribution in [2.45, 2.75) is 51.9 Å². The van der Waals surface area contributed by atoms with Gasteiger partial charge in [0.2, 0.25) is 0 Å². The first-order valence-corrected chi connectivity index (χ1v) is 12.1. The quantitative estimate of drug-likeness (QED) is 0.689. The molecule has 0 aromatic rings. The molecule has 0 spiro atoms. The minimum Gasteiger partial charge on any atom is -0.290 e. The maximum absolute atomic E-state index is 12.5. The van der Waals surface area contributed by atoms with E-state index in [0.29, 0.717) is 5.78 Å². The van der Waals surface area contributed by atoms with Gasteiger partial charge in [-0.25, -0.2) is 0 Å². The molecular formula is C13H22OSi2. The van der Waals surface area contributed by atoms with E-state index in [1.54, 1.807) is 0 Å². The SMILES string of the molecule is C[SiH2]C1=C2CCCCC2=C([Si](C)(C)C)C1=O. The van der Waals surface area contributed by atoms with E-state index in [0.717, 1.165) is 0 Å². The Morgan fingerprint density at radius 1 is 1.06 bits per heavy atom. The highest BCUT2D eigenvalue weighted by molar-refractivity contribution is 6.89. The van der Waals surface area contributed by atoms with E-state index < -0.39 is 8.07 Å². The van der Waals surface area contributed by atoms with E-state index in [2.05, 4.69) is 26.2 Å². The van der Waals surface area contributed by atoms with Gasteiger partial charge in [0, 0.05) is 0 Å². The summed E-state index contributed by atoms with van der Waals surface area (Å²) in [4.78, 5) is 12.5. The Labute approximate surface area is 102 Å². The average Bonchev–Trinajstić information content (AvgIpc) is 2.48. The predicted octanol–water partition coefficient (Wildman–Crippen LogP) is 2.79. The van der Waals surface area contributed by atoms with Gasteiger partial charge in [-0.1, -0.05) is 26.2 Å². The molecule has 0 aromatic carbocycles. The summed E-state index contributed by atoms with van der Waals surface area (Å²) in [6.07, 6.45) is 4.95. The number of carbonyl (C=O) groups is 1. The topological polar surface area (TPSA) is 17.1 Å². The van der Waals surface area contributed by atoms with Gasteiger partial charge in [-0.2, -0.15) is 0 Å². The molecule has 0 aliphatic heterocycles. The second-order valence-corrected chi connectivity index (χ2v) is 12.4. The van der Waals surface area contributed by atoms with Gasteiger partial charge < -0.3 is 0 Å². The molecule has 1 saturated carbocycles. The lowest BCUT2D eigenvalue weighted by molar-refractivity contribution is -0.111. The number of fused-ring (bicyclic) bond motifs is 1. The lowest BCUT2D eigenvalue weighted by Gasteiger charge is -2.22. The van der Waals surface area contributed by atoms with Crippen molar-refractivity contribution in [3.63, 3.8) is 0 Å². The van der Waals surface area contributed by atoms with Crippen molar-refractivity contribution in [3.8, 4) is 0 Å².